The Kier molecular flexibility index (Phi) is 53.3. The van der Waals surface area contributed by atoms with Gasteiger partial charge < -0.3 is 20.4 Å². The van der Waals surface area contributed by atoms with E-state index in [9.17, 15) is 0 Å². The zero-order valence-electron chi connectivity index (χ0n) is 5.02. The molecule has 0 spiro atoms. The van der Waals surface area contributed by atoms with Gasteiger partial charge in [-0.2, -0.15) is 0 Å². The first-order valence-electron chi connectivity index (χ1n) is 2.24. The van der Waals surface area contributed by atoms with Crippen molar-refractivity contribution in [2.24, 2.45) is 0 Å². The zero-order chi connectivity index (χ0) is 8.57. The Hall–Kier alpha value is 1.86. The van der Waals surface area contributed by atoms with Gasteiger partial charge in [0, 0.05) is 0 Å². The first-order valence-corrected chi connectivity index (χ1v) is 2.24. The third kappa shape index (κ3) is 41.4. The molecule has 0 fully saturated rings. The SMILES string of the molecule is O=C(O)C(=O)O.OCCO.[NaH].[NaH].[NaH]. The fourth-order valence-electron chi connectivity index (χ4n) is 0. The van der Waals surface area contributed by atoms with Crippen molar-refractivity contribution in [3.05, 3.63) is 0 Å². The summed E-state index contributed by atoms with van der Waals surface area (Å²) in [6.45, 7) is -0.250. The van der Waals surface area contributed by atoms with Gasteiger partial charge in [0.1, 0.15) is 0 Å². The molecule has 0 unspecified atom stereocenters. The molecule has 9 heteroatoms. The van der Waals surface area contributed by atoms with Crippen LogP contribution in [-0.4, -0.2) is 134 Å². The van der Waals surface area contributed by atoms with Gasteiger partial charge >= 0.3 is 101 Å². The molecule has 0 amide bonds. The monoisotopic (exact) mass is 224 g/mol. The third-order valence-electron chi connectivity index (χ3n) is 0.283. The van der Waals surface area contributed by atoms with Crippen molar-refractivity contribution in [3.63, 3.8) is 0 Å². The molecule has 0 saturated heterocycles. The van der Waals surface area contributed by atoms with Crippen molar-refractivity contribution >= 4 is 101 Å². The summed E-state index contributed by atoms with van der Waals surface area (Å²) in [7, 11) is 0. The number of carbonyl (C=O) groups is 2. The molecule has 0 saturated carbocycles. The van der Waals surface area contributed by atoms with Gasteiger partial charge in [-0.25, -0.2) is 9.59 Å². The summed E-state index contributed by atoms with van der Waals surface area (Å²) < 4.78 is 0. The van der Waals surface area contributed by atoms with E-state index in [4.69, 9.17) is 30.0 Å². The average Bonchev–Trinajstić information content (AvgIpc) is 1.89. The van der Waals surface area contributed by atoms with Crippen molar-refractivity contribution in [2.75, 3.05) is 13.2 Å². The molecule has 13 heavy (non-hydrogen) atoms. The predicted octanol–water partition coefficient (Wildman–Crippen LogP) is -3.82. The summed E-state index contributed by atoms with van der Waals surface area (Å²) in [5, 5.41) is 30.0. The van der Waals surface area contributed by atoms with Crippen LogP contribution in [0.2, 0.25) is 0 Å². The maximum atomic E-state index is 9.10. The second-order valence-electron chi connectivity index (χ2n) is 1.06. The fourth-order valence-corrected chi connectivity index (χ4v) is 0. The summed E-state index contributed by atoms with van der Waals surface area (Å²) in [6, 6.07) is 0. The second kappa shape index (κ2) is 23.6. The number of rotatable bonds is 1. The molecule has 0 radical (unpaired) electrons. The van der Waals surface area contributed by atoms with Gasteiger partial charge in [0.05, 0.1) is 13.2 Å². The van der Waals surface area contributed by atoms with E-state index in [0.717, 1.165) is 0 Å². The van der Waals surface area contributed by atoms with Crippen LogP contribution in [0, 0.1) is 0 Å². The molecule has 4 N–H and O–H groups in total. The van der Waals surface area contributed by atoms with Crippen LogP contribution in [0.1, 0.15) is 0 Å². The predicted molar refractivity (Wildman–Crippen MR) is 50.9 cm³/mol. The molecule has 0 aromatic heterocycles. The summed E-state index contributed by atoms with van der Waals surface area (Å²) in [6.07, 6.45) is 0. The van der Waals surface area contributed by atoms with E-state index in [0.29, 0.717) is 0 Å². The van der Waals surface area contributed by atoms with E-state index in [1.54, 1.807) is 0 Å². The van der Waals surface area contributed by atoms with E-state index in [1.807, 2.05) is 0 Å². The molecular weight excluding hydrogens is 213 g/mol. The van der Waals surface area contributed by atoms with E-state index < -0.39 is 11.9 Å². The van der Waals surface area contributed by atoms with Gasteiger partial charge in [-0.15, -0.1) is 0 Å². The molecule has 0 aliphatic carbocycles. The van der Waals surface area contributed by atoms with Gasteiger partial charge in [0.15, 0.2) is 0 Å². The average molecular weight is 224 g/mol. The number of aliphatic carboxylic acids is 2. The third-order valence-corrected chi connectivity index (χ3v) is 0.283. The van der Waals surface area contributed by atoms with Crippen LogP contribution in [-0.2, 0) is 9.59 Å². The van der Waals surface area contributed by atoms with Crippen LogP contribution in [0.4, 0.5) is 0 Å². The minimum absolute atomic E-state index is 0. The molecule has 66 valence electrons. The van der Waals surface area contributed by atoms with E-state index >= 15 is 0 Å². The molecule has 0 heterocycles. The van der Waals surface area contributed by atoms with Crippen molar-refractivity contribution in [3.8, 4) is 0 Å². The number of hydrogen-bond acceptors (Lipinski definition) is 4. The summed E-state index contributed by atoms with van der Waals surface area (Å²) in [4.78, 5) is 18.2. The molecular formula is C4H11Na3O6. The Labute approximate surface area is 142 Å². The topological polar surface area (TPSA) is 115 Å². The number of aliphatic hydroxyl groups is 2. The summed E-state index contributed by atoms with van der Waals surface area (Å²) in [5.41, 5.74) is 0. The van der Waals surface area contributed by atoms with Gasteiger partial charge in [0.2, 0.25) is 0 Å². The Balaban J connectivity index is -0.0000000279. The zero-order valence-corrected chi connectivity index (χ0v) is 5.02. The Morgan fingerprint density at radius 1 is 0.769 bits per heavy atom. The van der Waals surface area contributed by atoms with Crippen LogP contribution < -0.4 is 0 Å². The Morgan fingerprint density at radius 3 is 0.923 bits per heavy atom. The van der Waals surface area contributed by atoms with Crippen molar-refractivity contribution < 1.29 is 30.0 Å². The second-order valence-corrected chi connectivity index (χ2v) is 1.06. The molecule has 0 atom stereocenters. The van der Waals surface area contributed by atoms with E-state index in [2.05, 4.69) is 0 Å². The molecule has 0 aliphatic rings. The number of carboxylic acid groups (broad SMARTS) is 2. The first-order chi connectivity index (χ1) is 4.56. The van der Waals surface area contributed by atoms with Crippen molar-refractivity contribution in [2.45, 2.75) is 0 Å². The van der Waals surface area contributed by atoms with Gasteiger partial charge in [0.25, 0.3) is 0 Å². The van der Waals surface area contributed by atoms with Gasteiger partial charge in [-0.3, -0.25) is 0 Å². The summed E-state index contributed by atoms with van der Waals surface area (Å²) >= 11 is 0. The fraction of sp³-hybridized carbons (Fsp3) is 0.500. The molecule has 0 aromatic carbocycles. The molecule has 0 aliphatic heterocycles. The maximum absolute atomic E-state index is 9.10. The van der Waals surface area contributed by atoms with Gasteiger partial charge in [-0.1, -0.05) is 0 Å². The van der Waals surface area contributed by atoms with Crippen LogP contribution in [0.25, 0.3) is 0 Å². The summed E-state index contributed by atoms with van der Waals surface area (Å²) in [5.74, 6) is -3.65. The molecule has 0 aromatic rings. The minimum atomic E-state index is -1.82. The standard InChI is InChI=1S/C2H2O4.C2H6O2.3Na.3H/c3-1(4)2(5)6;3-1-2-4;;;;;;/h(H,3,4)(H,5,6);3-4H,1-2H2;;;;;;. The van der Waals surface area contributed by atoms with Crippen molar-refractivity contribution in [1.29, 1.82) is 0 Å². The number of carboxylic acids is 2. The molecule has 0 rings (SSSR count). The molecule has 6 nitrogen and oxygen atoms in total. The Morgan fingerprint density at radius 2 is 0.923 bits per heavy atom. The van der Waals surface area contributed by atoms with Crippen molar-refractivity contribution in [1.82, 2.24) is 0 Å². The number of aliphatic hydroxyl groups excluding tert-OH is 2. The van der Waals surface area contributed by atoms with Crippen LogP contribution >= 0.6 is 0 Å². The quantitative estimate of drug-likeness (QED) is 0.268. The van der Waals surface area contributed by atoms with Crippen LogP contribution in [0.3, 0.4) is 0 Å². The van der Waals surface area contributed by atoms with E-state index in [1.165, 1.54) is 0 Å². The first kappa shape index (κ1) is 29.4. The Bertz CT molecular complexity index is 104. The van der Waals surface area contributed by atoms with Crippen LogP contribution in [0.15, 0.2) is 0 Å². The van der Waals surface area contributed by atoms with E-state index in [-0.39, 0.29) is 102 Å². The normalized spacial score (nSPS) is 5.69. The molecule has 0 bridgehead atoms. The van der Waals surface area contributed by atoms with Crippen LogP contribution in [0.5, 0.6) is 0 Å². The van der Waals surface area contributed by atoms with Gasteiger partial charge in [-0.05, 0) is 0 Å². The number of hydrogen-bond donors (Lipinski definition) is 4.